The highest BCUT2D eigenvalue weighted by Crippen LogP contribution is 2.36. The molecule has 1 saturated heterocycles. The number of nitrogens with zero attached hydrogens (tertiary/aromatic N) is 1. The normalized spacial score (nSPS) is 14.5. The van der Waals surface area contributed by atoms with E-state index in [0.717, 1.165) is 4.90 Å². The smallest absolute Gasteiger partial charge is 0.373 e. The number of benzene rings is 1. The summed E-state index contributed by atoms with van der Waals surface area (Å²) in [6, 6.07) is 5.26. The second-order valence-electron chi connectivity index (χ2n) is 6.35. The molecule has 0 saturated carbocycles. The molecule has 1 aromatic heterocycles. The van der Waals surface area contributed by atoms with E-state index in [1.165, 1.54) is 32.4 Å². The molecule has 0 radical (unpaired) electrons. The Morgan fingerprint density at radius 3 is 2.66 bits per heavy atom. The first-order valence-electron chi connectivity index (χ1n) is 8.97. The summed E-state index contributed by atoms with van der Waals surface area (Å²) >= 11 is 3.31. The number of hydrogen-bond acceptors (Lipinski definition) is 8. The van der Waals surface area contributed by atoms with Gasteiger partial charge in [0.2, 0.25) is 5.76 Å². The molecule has 0 atom stereocenters. The number of carboxylic acids is 1. The molecule has 32 heavy (non-hydrogen) atoms. The van der Waals surface area contributed by atoms with Crippen LogP contribution in [-0.2, 0) is 20.9 Å². The molecular formula is C20H17BrN2O9. The average Bonchev–Trinajstić information content (AvgIpc) is 3.32. The highest BCUT2D eigenvalue weighted by molar-refractivity contribution is 9.10. The SMILES string of the molecule is COC(=O)c1ccc(CN2C(=O)N/C(=C\c3cc(Br)cc(OC)c3OCC(=O)O)C2=O)o1. The Morgan fingerprint density at radius 1 is 1.25 bits per heavy atom. The number of esters is 1. The van der Waals surface area contributed by atoms with Crippen molar-refractivity contribution in [2.75, 3.05) is 20.8 Å². The second kappa shape index (κ2) is 9.56. The standard InChI is InChI=1S/C20H17BrN2O9/c1-29-15-7-11(21)5-10(17(15)31-9-16(24)25)6-13-18(26)23(20(28)22-13)8-12-3-4-14(32-12)19(27)30-2/h3-7H,8-9H2,1-2H3,(H,22,28)(H,24,25)/b13-6-. The van der Waals surface area contributed by atoms with Gasteiger partial charge in [0, 0.05) is 10.0 Å². The van der Waals surface area contributed by atoms with Crippen molar-refractivity contribution >= 4 is 45.9 Å². The summed E-state index contributed by atoms with van der Waals surface area (Å²) in [5.74, 6) is -2.10. The van der Waals surface area contributed by atoms with Crippen LogP contribution in [0.3, 0.4) is 0 Å². The number of halogens is 1. The fourth-order valence-electron chi connectivity index (χ4n) is 2.84. The largest absolute Gasteiger partial charge is 0.493 e. The maximum absolute atomic E-state index is 12.8. The van der Waals surface area contributed by atoms with Gasteiger partial charge in [-0.3, -0.25) is 9.69 Å². The first-order valence-corrected chi connectivity index (χ1v) is 9.76. The van der Waals surface area contributed by atoms with Crippen LogP contribution in [0.4, 0.5) is 4.79 Å². The molecule has 3 rings (SSSR count). The summed E-state index contributed by atoms with van der Waals surface area (Å²) < 4.78 is 21.0. The maximum atomic E-state index is 12.8. The molecule has 2 aromatic rings. The van der Waals surface area contributed by atoms with Gasteiger partial charge >= 0.3 is 18.0 Å². The predicted molar refractivity (Wildman–Crippen MR) is 111 cm³/mol. The van der Waals surface area contributed by atoms with Crippen LogP contribution in [0.25, 0.3) is 6.08 Å². The molecule has 1 aromatic carbocycles. The third-order valence-electron chi connectivity index (χ3n) is 4.23. The summed E-state index contributed by atoms with van der Waals surface area (Å²) in [5.41, 5.74) is 0.226. The number of methoxy groups -OCH3 is 2. The number of urea groups is 1. The zero-order valence-electron chi connectivity index (χ0n) is 16.8. The van der Waals surface area contributed by atoms with Crippen molar-refractivity contribution < 1.29 is 42.9 Å². The van der Waals surface area contributed by atoms with E-state index in [4.69, 9.17) is 19.0 Å². The Balaban J connectivity index is 1.88. The summed E-state index contributed by atoms with van der Waals surface area (Å²) in [4.78, 5) is 48.5. The lowest BCUT2D eigenvalue weighted by atomic mass is 10.1. The molecule has 2 heterocycles. The van der Waals surface area contributed by atoms with E-state index in [0.29, 0.717) is 10.0 Å². The zero-order valence-corrected chi connectivity index (χ0v) is 18.4. The number of aliphatic carboxylic acids is 1. The van der Waals surface area contributed by atoms with Gasteiger partial charge in [0.15, 0.2) is 18.1 Å². The van der Waals surface area contributed by atoms with E-state index in [1.807, 2.05) is 0 Å². The van der Waals surface area contributed by atoms with Crippen molar-refractivity contribution in [3.63, 3.8) is 0 Å². The second-order valence-corrected chi connectivity index (χ2v) is 7.26. The van der Waals surface area contributed by atoms with E-state index in [2.05, 4.69) is 26.0 Å². The van der Waals surface area contributed by atoms with Crippen molar-refractivity contribution in [3.8, 4) is 11.5 Å². The van der Waals surface area contributed by atoms with Gasteiger partial charge in [-0.15, -0.1) is 0 Å². The van der Waals surface area contributed by atoms with Gasteiger partial charge in [-0.05, 0) is 30.3 Å². The number of nitrogens with one attached hydrogen (secondary N) is 1. The molecule has 1 aliphatic heterocycles. The number of carbonyl (C=O) groups excluding carboxylic acids is 3. The van der Waals surface area contributed by atoms with E-state index in [-0.39, 0.29) is 35.3 Å². The lowest BCUT2D eigenvalue weighted by Crippen LogP contribution is -2.30. The van der Waals surface area contributed by atoms with Crippen LogP contribution in [0, 0.1) is 0 Å². The summed E-state index contributed by atoms with van der Waals surface area (Å²) in [6.45, 7) is -0.856. The molecule has 2 N–H and O–H groups in total. The van der Waals surface area contributed by atoms with Gasteiger partial charge in [0.25, 0.3) is 5.91 Å². The minimum absolute atomic E-state index is 0.0632. The van der Waals surface area contributed by atoms with Crippen LogP contribution in [0.1, 0.15) is 21.9 Å². The maximum Gasteiger partial charge on any atom is 0.373 e. The number of imide groups is 1. The molecule has 3 amide bonds. The molecular weight excluding hydrogens is 492 g/mol. The van der Waals surface area contributed by atoms with Gasteiger partial charge < -0.3 is 29.1 Å². The number of rotatable bonds is 8. The third kappa shape index (κ3) is 4.91. The Kier molecular flexibility index (Phi) is 6.83. The molecule has 0 unspecified atom stereocenters. The molecule has 1 aliphatic rings. The van der Waals surface area contributed by atoms with Crippen LogP contribution in [0.2, 0.25) is 0 Å². The number of hydrogen-bond donors (Lipinski definition) is 2. The highest BCUT2D eigenvalue weighted by Gasteiger charge is 2.34. The molecule has 12 heteroatoms. The Bertz CT molecular complexity index is 1120. The zero-order chi connectivity index (χ0) is 23.4. The highest BCUT2D eigenvalue weighted by atomic mass is 79.9. The predicted octanol–water partition coefficient (Wildman–Crippen LogP) is 2.39. The lowest BCUT2D eigenvalue weighted by Gasteiger charge is -2.13. The number of carboxylic acid groups (broad SMARTS) is 1. The topological polar surface area (TPSA) is 145 Å². The Hall–Kier alpha value is -3.80. The number of carbonyl (C=O) groups is 4. The van der Waals surface area contributed by atoms with Gasteiger partial charge in [0.05, 0.1) is 20.8 Å². The summed E-state index contributed by atoms with van der Waals surface area (Å²) in [6.07, 6.45) is 1.34. The average molecular weight is 509 g/mol. The number of ether oxygens (including phenoxy) is 3. The molecule has 0 aliphatic carbocycles. The van der Waals surface area contributed by atoms with Gasteiger partial charge in [-0.2, -0.15) is 0 Å². The quantitative estimate of drug-likeness (QED) is 0.311. The minimum Gasteiger partial charge on any atom is -0.493 e. The van der Waals surface area contributed by atoms with Crippen molar-refractivity contribution in [1.29, 1.82) is 0 Å². The summed E-state index contributed by atoms with van der Waals surface area (Å²) in [5, 5.41) is 11.4. The monoisotopic (exact) mass is 508 g/mol. The molecule has 11 nitrogen and oxygen atoms in total. The lowest BCUT2D eigenvalue weighted by molar-refractivity contribution is -0.139. The van der Waals surface area contributed by atoms with Crippen molar-refractivity contribution in [3.05, 3.63) is 51.5 Å². The van der Waals surface area contributed by atoms with Crippen LogP contribution in [-0.4, -0.2) is 54.7 Å². The number of furan rings is 1. The minimum atomic E-state index is -1.20. The van der Waals surface area contributed by atoms with Gasteiger partial charge in [0.1, 0.15) is 11.5 Å². The van der Waals surface area contributed by atoms with Crippen molar-refractivity contribution in [2.24, 2.45) is 0 Å². The van der Waals surface area contributed by atoms with E-state index in [9.17, 15) is 19.2 Å². The van der Waals surface area contributed by atoms with Crippen LogP contribution >= 0.6 is 15.9 Å². The Labute approximate surface area is 189 Å². The van der Waals surface area contributed by atoms with Crippen LogP contribution in [0.5, 0.6) is 11.5 Å². The molecule has 0 bridgehead atoms. The molecule has 168 valence electrons. The van der Waals surface area contributed by atoms with Gasteiger partial charge in [-0.25, -0.2) is 14.4 Å². The van der Waals surface area contributed by atoms with Crippen LogP contribution in [0.15, 0.2) is 38.9 Å². The van der Waals surface area contributed by atoms with Gasteiger partial charge in [-0.1, -0.05) is 15.9 Å². The first-order chi connectivity index (χ1) is 15.2. The van der Waals surface area contributed by atoms with Crippen molar-refractivity contribution in [2.45, 2.75) is 6.54 Å². The first kappa shape index (κ1) is 22.9. The summed E-state index contributed by atoms with van der Waals surface area (Å²) in [7, 11) is 2.58. The van der Waals surface area contributed by atoms with Crippen LogP contribution < -0.4 is 14.8 Å². The fraction of sp³-hybridized carbons (Fsp3) is 0.200. The third-order valence-corrected chi connectivity index (χ3v) is 4.69. The van der Waals surface area contributed by atoms with Crippen molar-refractivity contribution in [1.82, 2.24) is 10.2 Å². The Morgan fingerprint density at radius 2 is 2.00 bits per heavy atom. The molecule has 1 fully saturated rings. The van der Waals surface area contributed by atoms with E-state index < -0.39 is 30.5 Å². The number of amides is 3. The molecule has 0 spiro atoms. The van der Waals surface area contributed by atoms with E-state index >= 15 is 0 Å². The van der Waals surface area contributed by atoms with E-state index in [1.54, 1.807) is 12.1 Å². The fourth-order valence-corrected chi connectivity index (χ4v) is 3.29.